The molecule has 21 heavy (non-hydrogen) atoms. The minimum atomic E-state index is -3.64. The molecule has 1 fully saturated rings. The minimum Gasteiger partial charge on any atom is -0.481 e. The summed E-state index contributed by atoms with van der Waals surface area (Å²) in [4.78, 5) is 11.3. The van der Waals surface area contributed by atoms with E-state index in [2.05, 4.69) is 4.72 Å². The third kappa shape index (κ3) is 3.25. The third-order valence-corrected chi connectivity index (χ3v) is 5.25. The van der Waals surface area contributed by atoms with E-state index >= 15 is 0 Å². The van der Waals surface area contributed by atoms with Gasteiger partial charge in [0.2, 0.25) is 10.0 Å². The molecular weight excluding hydrogens is 294 g/mol. The standard InChI is InChI=1S/C14H19NO5S/c1-10(9-16)8-15-21(19,20)12-4-2-11(3-5-12)14(6-7-14)13(17)18/h2-5,10,15-16H,6-9H2,1H3,(H,17,18). The lowest BCUT2D eigenvalue weighted by atomic mass is 9.96. The molecule has 116 valence electrons. The maximum atomic E-state index is 12.1. The fourth-order valence-electron chi connectivity index (χ4n) is 2.10. The normalized spacial score (nSPS) is 18.2. The van der Waals surface area contributed by atoms with Gasteiger partial charge in [0.25, 0.3) is 0 Å². The zero-order valence-electron chi connectivity index (χ0n) is 11.7. The Morgan fingerprint density at radius 1 is 1.33 bits per heavy atom. The van der Waals surface area contributed by atoms with Crippen molar-refractivity contribution in [3.8, 4) is 0 Å². The quantitative estimate of drug-likeness (QED) is 0.688. The lowest BCUT2D eigenvalue weighted by Crippen LogP contribution is -2.29. The summed E-state index contributed by atoms with van der Waals surface area (Å²) in [6.07, 6.45) is 1.17. The summed E-state index contributed by atoms with van der Waals surface area (Å²) in [6, 6.07) is 5.96. The molecular formula is C14H19NO5S. The van der Waals surface area contributed by atoms with Gasteiger partial charge in [-0.3, -0.25) is 4.79 Å². The molecule has 1 atom stereocenters. The molecule has 3 N–H and O–H groups in total. The first-order valence-electron chi connectivity index (χ1n) is 6.76. The van der Waals surface area contributed by atoms with Crippen LogP contribution in [0.25, 0.3) is 0 Å². The molecule has 2 rings (SSSR count). The van der Waals surface area contributed by atoms with Crippen LogP contribution < -0.4 is 4.72 Å². The highest BCUT2D eigenvalue weighted by atomic mass is 32.2. The number of carbonyl (C=O) groups is 1. The number of nitrogens with one attached hydrogen (secondary N) is 1. The number of sulfonamides is 1. The van der Waals surface area contributed by atoms with Crippen LogP contribution >= 0.6 is 0 Å². The van der Waals surface area contributed by atoms with Crippen molar-refractivity contribution in [3.05, 3.63) is 29.8 Å². The van der Waals surface area contributed by atoms with Gasteiger partial charge in [-0.2, -0.15) is 0 Å². The van der Waals surface area contributed by atoms with Gasteiger partial charge in [-0.05, 0) is 36.5 Å². The van der Waals surface area contributed by atoms with Crippen LogP contribution in [0.3, 0.4) is 0 Å². The van der Waals surface area contributed by atoms with Gasteiger partial charge < -0.3 is 10.2 Å². The molecule has 0 aromatic heterocycles. The summed E-state index contributed by atoms with van der Waals surface area (Å²) in [7, 11) is -3.64. The Bertz CT molecular complexity index is 619. The van der Waals surface area contributed by atoms with Crippen molar-refractivity contribution in [2.24, 2.45) is 5.92 Å². The zero-order chi connectivity index (χ0) is 15.7. The van der Waals surface area contributed by atoms with Crippen LogP contribution in [0.2, 0.25) is 0 Å². The number of aliphatic hydroxyl groups is 1. The van der Waals surface area contributed by atoms with Crippen molar-refractivity contribution < 1.29 is 23.4 Å². The second-order valence-electron chi connectivity index (χ2n) is 5.55. The summed E-state index contributed by atoms with van der Waals surface area (Å²) >= 11 is 0. The first-order chi connectivity index (χ1) is 9.82. The lowest BCUT2D eigenvalue weighted by molar-refractivity contribution is -0.140. The number of hydrogen-bond acceptors (Lipinski definition) is 4. The van der Waals surface area contributed by atoms with Gasteiger partial charge in [-0.1, -0.05) is 19.1 Å². The molecule has 1 saturated carbocycles. The van der Waals surface area contributed by atoms with Crippen LogP contribution in [0.5, 0.6) is 0 Å². The number of carboxylic acid groups (broad SMARTS) is 1. The Labute approximate surface area is 123 Å². The van der Waals surface area contributed by atoms with E-state index in [9.17, 15) is 18.3 Å². The molecule has 0 heterocycles. The van der Waals surface area contributed by atoms with Gasteiger partial charge in [0, 0.05) is 13.2 Å². The summed E-state index contributed by atoms with van der Waals surface area (Å²) in [5.74, 6) is -1.03. The van der Waals surface area contributed by atoms with E-state index in [0.717, 1.165) is 0 Å². The average Bonchev–Trinajstić information content (AvgIpc) is 3.26. The van der Waals surface area contributed by atoms with Gasteiger partial charge in [0.05, 0.1) is 10.3 Å². The van der Waals surface area contributed by atoms with E-state index in [-0.39, 0.29) is 24.0 Å². The van der Waals surface area contributed by atoms with Crippen LogP contribution in [-0.2, 0) is 20.2 Å². The highest BCUT2D eigenvalue weighted by Gasteiger charge is 2.51. The van der Waals surface area contributed by atoms with E-state index < -0.39 is 21.4 Å². The van der Waals surface area contributed by atoms with E-state index in [1.54, 1.807) is 19.1 Å². The third-order valence-electron chi connectivity index (χ3n) is 3.81. The molecule has 0 radical (unpaired) electrons. The van der Waals surface area contributed by atoms with Crippen molar-refractivity contribution in [2.45, 2.75) is 30.1 Å². The van der Waals surface area contributed by atoms with Gasteiger partial charge in [-0.15, -0.1) is 0 Å². The largest absolute Gasteiger partial charge is 0.481 e. The van der Waals surface area contributed by atoms with Gasteiger partial charge in [-0.25, -0.2) is 13.1 Å². The Morgan fingerprint density at radius 3 is 2.33 bits per heavy atom. The van der Waals surface area contributed by atoms with Crippen molar-refractivity contribution in [3.63, 3.8) is 0 Å². The second-order valence-corrected chi connectivity index (χ2v) is 7.32. The zero-order valence-corrected chi connectivity index (χ0v) is 12.6. The molecule has 0 saturated heterocycles. The first-order valence-corrected chi connectivity index (χ1v) is 8.24. The number of aliphatic hydroxyl groups excluding tert-OH is 1. The molecule has 1 aromatic carbocycles. The summed E-state index contributed by atoms with van der Waals surface area (Å²) < 4.78 is 26.5. The molecule has 7 heteroatoms. The number of hydrogen-bond donors (Lipinski definition) is 3. The fourth-order valence-corrected chi connectivity index (χ4v) is 3.27. The average molecular weight is 313 g/mol. The maximum Gasteiger partial charge on any atom is 0.314 e. The Balaban J connectivity index is 2.14. The minimum absolute atomic E-state index is 0.0947. The van der Waals surface area contributed by atoms with Crippen LogP contribution in [0.1, 0.15) is 25.3 Å². The van der Waals surface area contributed by atoms with Crippen LogP contribution in [0, 0.1) is 5.92 Å². The predicted octanol–water partition coefficient (Wildman–Crippen LogP) is 0.709. The predicted molar refractivity (Wildman–Crippen MR) is 76.4 cm³/mol. The van der Waals surface area contributed by atoms with Crippen molar-refractivity contribution in [1.29, 1.82) is 0 Å². The number of carboxylic acids is 1. The molecule has 0 bridgehead atoms. The maximum absolute atomic E-state index is 12.1. The molecule has 0 aliphatic heterocycles. The van der Waals surface area contributed by atoms with E-state index in [4.69, 9.17) is 5.11 Å². The smallest absolute Gasteiger partial charge is 0.314 e. The molecule has 1 unspecified atom stereocenters. The Morgan fingerprint density at radius 2 is 1.90 bits per heavy atom. The SMILES string of the molecule is CC(CO)CNS(=O)(=O)c1ccc(C2(C(=O)O)CC2)cc1. The van der Waals surface area contributed by atoms with Crippen molar-refractivity contribution >= 4 is 16.0 Å². The monoisotopic (exact) mass is 313 g/mol. The molecule has 1 aromatic rings. The van der Waals surface area contributed by atoms with Crippen molar-refractivity contribution in [2.75, 3.05) is 13.2 Å². The first kappa shape index (κ1) is 15.9. The number of aliphatic carboxylic acids is 1. The number of benzene rings is 1. The van der Waals surface area contributed by atoms with Crippen molar-refractivity contribution in [1.82, 2.24) is 4.72 Å². The van der Waals surface area contributed by atoms with Crippen LogP contribution in [0.15, 0.2) is 29.2 Å². The summed E-state index contributed by atoms with van der Waals surface area (Å²) in [5, 5.41) is 18.1. The lowest BCUT2D eigenvalue weighted by Gasteiger charge is -2.13. The molecule has 6 nitrogen and oxygen atoms in total. The molecule has 1 aliphatic carbocycles. The van der Waals surface area contributed by atoms with Crippen LogP contribution in [0.4, 0.5) is 0 Å². The fraction of sp³-hybridized carbons (Fsp3) is 0.500. The molecule has 0 spiro atoms. The summed E-state index contributed by atoms with van der Waals surface area (Å²) in [6.45, 7) is 1.79. The second kappa shape index (κ2) is 5.75. The summed E-state index contributed by atoms with van der Waals surface area (Å²) in [5.41, 5.74) is -0.195. The van der Waals surface area contributed by atoms with E-state index in [1.807, 2.05) is 0 Å². The van der Waals surface area contributed by atoms with Gasteiger partial charge in [0.15, 0.2) is 0 Å². The highest BCUT2D eigenvalue weighted by molar-refractivity contribution is 7.89. The highest BCUT2D eigenvalue weighted by Crippen LogP contribution is 2.48. The molecule has 0 amide bonds. The van der Waals surface area contributed by atoms with Gasteiger partial charge >= 0.3 is 5.97 Å². The number of rotatable bonds is 7. The van der Waals surface area contributed by atoms with E-state index in [1.165, 1.54) is 12.1 Å². The Kier molecular flexibility index (Phi) is 4.36. The van der Waals surface area contributed by atoms with Gasteiger partial charge in [0.1, 0.15) is 0 Å². The van der Waals surface area contributed by atoms with Crippen LogP contribution in [-0.4, -0.2) is 37.8 Å². The topological polar surface area (TPSA) is 104 Å². The molecule has 1 aliphatic rings. The van der Waals surface area contributed by atoms with E-state index in [0.29, 0.717) is 18.4 Å². The Hall–Kier alpha value is -1.44.